The molecule has 0 bridgehead atoms. The molecule has 0 saturated heterocycles. The van der Waals surface area contributed by atoms with Crippen molar-refractivity contribution in [3.8, 4) is 11.3 Å². The van der Waals surface area contributed by atoms with Gasteiger partial charge in [0, 0.05) is 16.1 Å². The van der Waals surface area contributed by atoms with Gasteiger partial charge in [-0.1, -0.05) is 54.1 Å². The second-order valence-corrected chi connectivity index (χ2v) is 7.51. The fraction of sp³-hybridized carbons (Fsp3) is 0.500. The lowest BCUT2D eigenvalue weighted by Crippen LogP contribution is -2.29. The monoisotopic (exact) mass is 411 g/mol. The molecule has 1 heterocycles. The molecule has 1 fully saturated rings. The van der Waals surface area contributed by atoms with Gasteiger partial charge in [0.2, 0.25) is 0 Å². The predicted octanol–water partition coefficient (Wildman–Crippen LogP) is 6.64. The molecule has 132 valence electrons. The van der Waals surface area contributed by atoms with Crippen molar-refractivity contribution in [1.29, 1.82) is 0 Å². The van der Waals surface area contributed by atoms with Crippen LogP contribution in [0.1, 0.15) is 56.3 Å². The molecule has 0 radical (unpaired) electrons. The lowest BCUT2D eigenvalue weighted by Gasteiger charge is -2.20. The Balaban J connectivity index is 0.00000208. The fourth-order valence-electron chi connectivity index (χ4n) is 3.33. The minimum atomic E-state index is 0. The molecule has 1 aromatic heterocycles. The minimum Gasteiger partial charge on any atom is -0.460 e. The topological polar surface area (TPSA) is 25.2 Å². The Kier molecular flexibility index (Phi) is 7.86. The first-order valence-electron chi connectivity index (χ1n) is 8.81. The molecule has 3 rings (SSSR count). The Morgan fingerprint density at radius 3 is 2.46 bits per heavy atom. The highest BCUT2D eigenvalue weighted by molar-refractivity contribution is 9.10. The molecule has 2 aromatic rings. The van der Waals surface area contributed by atoms with Gasteiger partial charge in [0.05, 0.1) is 6.54 Å². The van der Waals surface area contributed by atoms with E-state index in [2.05, 4.69) is 58.5 Å². The number of hydrogen-bond acceptors (Lipinski definition) is 2. The van der Waals surface area contributed by atoms with Crippen molar-refractivity contribution in [2.24, 2.45) is 0 Å². The van der Waals surface area contributed by atoms with Crippen LogP contribution in [0.15, 0.2) is 39.2 Å². The van der Waals surface area contributed by atoms with Crippen LogP contribution in [0.2, 0.25) is 0 Å². The Labute approximate surface area is 159 Å². The molecule has 1 N–H and O–H groups in total. The second-order valence-electron chi connectivity index (χ2n) is 6.65. The van der Waals surface area contributed by atoms with Gasteiger partial charge in [0.15, 0.2) is 0 Å². The molecule has 0 atom stereocenters. The molecule has 1 aliphatic rings. The zero-order valence-corrected chi connectivity index (χ0v) is 16.7. The molecule has 0 unspecified atom stereocenters. The van der Waals surface area contributed by atoms with Gasteiger partial charge in [-0.25, -0.2) is 0 Å². The number of rotatable bonds is 4. The van der Waals surface area contributed by atoms with E-state index in [0.717, 1.165) is 28.1 Å². The van der Waals surface area contributed by atoms with Crippen LogP contribution in [0.4, 0.5) is 0 Å². The molecular formula is C20H27BrClNO. The quantitative estimate of drug-likeness (QED) is 0.608. The number of aryl methyl sites for hydroxylation is 1. The van der Waals surface area contributed by atoms with Crippen molar-refractivity contribution in [2.75, 3.05) is 0 Å². The fourth-order valence-corrected chi connectivity index (χ4v) is 3.58. The lowest BCUT2D eigenvalue weighted by atomic mass is 9.97. The minimum absolute atomic E-state index is 0. The van der Waals surface area contributed by atoms with Gasteiger partial charge in [-0.2, -0.15) is 0 Å². The van der Waals surface area contributed by atoms with E-state index in [0.29, 0.717) is 6.04 Å². The maximum absolute atomic E-state index is 6.03. The Morgan fingerprint density at radius 1 is 1.04 bits per heavy atom. The molecule has 0 spiro atoms. The summed E-state index contributed by atoms with van der Waals surface area (Å²) in [6.07, 6.45) is 9.54. The van der Waals surface area contributed by atoms with Crippen LogP contribution in [0.3, 0.4) is 0 Å². The molecule has 1 saturated carbocycles. The average Bonchev–Trinajstić information content (AvgIpc) is 2.98. The smallest absolute Gasteiger partial charge is 0.134 e. The predicted molar refractivity (Wildman–Crippen MR) is 107 cm³/mol. The van der Waals surface area contributed by atoms with Gasteiger partial charge < -0.3 is 9.73 Å². The molecular weight excluding hydrogens is 386 g/mol. The van der Waals surface area contributed by atoms with Gasteiger partial charge >= 0.3 is 0 Å². The number of benzene rings is 1. The molecule has 2 nitrogen and oxygen atoms in total. The van der Waals surface area contributed by atoms with Crippen molar-refractivity contribution in [2.45, 2.75) is 64.5 Å². The van der Waals surface area contributed by atoms with Gasteiger partial charge in [0.1, 0.15) is 11.5 Å². The maximum Gasteiger partial charge on any atom is 0.134 e. The highest BCUT2D eigenvalue weighted by Gasteiger charge is 2.12. The normalized spacial score (nSPS) is 16.2. The highest BCUT2D eigenvalue weighted by Crippen LogP contribution is 2.27. The third-order valence-corrected chi connectivity index (χ3v) is 5.66. The van der Waals surface area contributed by atoms with E-state index in [1.807, 2.05) is 0 Å². The van der Waals surface area contributed by atoms with Crippen LogP contribution in [0.5, 0.6) is 0 Å². The molecule has 0 amide bonds. The van der Waals surface area contributed by atoms with Gasteiger partial charge in [-0.05, 0) is 49.6 Å². The van der Waals surface area contributed by atoms with Crippen LogP contribution < -0.4 is 5.32 Å². The number of halogens is 2. The third kappa shape index (κ3) is 5.37. The summed E-state index contributed by atoms with van der Waals surface area (Å²) in [4.78, 5) is 0. The van der Waals surface area contributed by atoms with Crippen molar-refractivity contribution < 1.29 is 4.42 Å². The first kappa shape index (κ1) is 19.6. The summed E-state index contributed by atoms with van der Waals surface area (Å²) in [7, 11) is 0. The van der Waals surface area contributed by atoms with Crippen molar-refractivity contribution in [3.05, 3.63) is 46.1 Å². The summed E-state index contributed by atoms with van der Waals surface area (Å²) in [5.74, 6) is 1.98. The summed E-state index contributed by atoms with van der Waals surface area (Å²) < 4.78 is 7.17. The zero-order chi connectivity index (χ0) is 16.1. The van der Waals surface area contributed by atoms with Crippen LogP contribution in [-0.2, 0) is 6.54 Å². The molecule has 4 heteroatoms. The summed E-state index contributed by atoms with van der Waals surface area (Å²) in [6.45, 7) is 2.94. The maximum atomic E-state index is 6.03. The van der Waals surface area contributed by atoms with E-state index in [4.69, 9.17) is 4.42 Å². The first-order valence-corrected chi connectivity index (χ1v) is 9.60. The van der Waals surface area contributed by atoms with E-state index >= 15 is 0 Å². The van der Waals surface area contributed by atoms with Gasteiger partial charge in [-0.15, -0.1) is 12.4 Å². The van der Waals surface area contributed by atoms with E-state index in [1.54, 1.807) is 0 Å². The largest absolute Gasteiger partial charge is 0.460 e. The Morgan fingerprint density at radius 2 is 1.75 bits per heavy atom. The van der Waals surface area contributed by atoms with Crippen molar-refractivity contribution >= 4 is 28.3 Å². The summed E-state index contributed by atoms with van der Waals surface area (Å²) in [5.41, 5.74) is 2.37. The molecule has 0 aliphatic heterocycles. The van der Waals surface area contributed by atoms with E-state index in [1.165, 1.54) is 50.5 Å². The molecule has 24 heavy (non-hydrogen) atoms. The van der Waals surface area contributed by atoms with Crippen molar-refractivity contribution in [1.82, 2.24) is 5.32 Å². The third-order valence-electron chi connectivity index (χ3n) is 4.77. The van der Waals surface area contributed by atoms with E-state index < -0.39 is 0 Å². The summed E-state index contributed by atoms with van der Waals surface area (Å²) >= 11 is 3.55. The Hall–Kier alpha value is -0.770. The lowest BCUT2D eigenvalue weighted by molar-refractivity contribution is 0.373. The Bertz CT molecular complexity index is 632. The highest BCUT2D eigenvalue weighted by atomic mass is 79.9. The van der Waals surface area contributed by atoms with E-state index in [9.17, 15) is 0 Å². The van der Waals surface area contributed by atoms with Crippen molar-refractivity contribution in [3.63, 3.8) is 0 Å². The van der Waals surface area contributed by atoms with Gasteiger partial charge in [-0.3, -0.25) is 0 Å². The average molecular weight is 413 g/mol. The zero-order valence-electron chi connectivity index (χ0n) is 14.3. The van der Waals surface area contributed by atoms with Crippen LogP contribution in [-0.4, -0.2) is 6.04 Å². The molecule has 1 aliphatic carbocycles. The SMILES string of the molecule is Cc1cc(-c2ccc(CNC3CCCCCCC3)o2)ccc1Br.Cl. The number of nitrogens with one attached hydrogen (secondary N) is 1. The standard InChI is InChI=1S/C20H26BrNO.ClH/c1-15-13-16(9-11-19(15)21)20-12-10-18(23-20)14-22-17-7-5-3-2-4-6-8-17;/h9-13,17,22H,2-8,14H2,1H3;1H. The van der Waals surface area contributed by atoms with Crippen LogP contribution >= 0.6 is 28.3 Å². The first-order chi connectivity index (χ1) is 11.2. The van der Waals surface area contributed by atoms with Crippen LogP contribution in [0, 0.1) is 6.92 Å². The van der Waals surface area contributed by atoms with E-state index in [-0.39, 0.29) is 12.4 Å². The summed E-state index contributed by atoms with van der Waals surface area (Å²) in [6, 6.07) is 11.2. The van der Waals surface area contributed by atoms with Gasteiger partial charge in [0.25, 0.3) is 0 Å². The molecule has 1 aromatic carbocycles. The summed E-state index contributed by atoms with van der Waals surface area (Å²) in [5, 5.41) is 3.69. The number of furan rings is 1. The number of hydrogen-bond donors (Lipinski definition) is 1. The van der Waals surface area contributed by atoms with Crippen LogP contribution in [0.25, 0.3) is 11.3 Å². The second kappa shape index (κ2) is 9.65.